The molecule has 1 fully saturated rings. The van der Waals surface area contributed by atoms with E-state index in [4.69, 9.17) is 6.42 Å². The zero-order valence-electron chi connectivity index (χ0n) is 6.77. The molecule has 1 rings (SSSR count). The minimum absolute atomic E-state index is 0.608. The molecule has 0 spiro atoms. The molecule has 0 aromatic carbocycles. The SMILES string of the molecule is C#CC1CCC(CCC)C1. The van der Waals surface area contributed by atoms with Crippen LogP contribution >= 0.6 is 0 Å². The first-order valence-electron chi connectivity index (χ1n) is 4.33. The molecule has 1 aliphatic rings. The number of terminal acetylenes is 1. The second-order valence-corrected chi connectivity index (χ2v) is 3.33. The third-order valence-corrected chi connectivity index (χ3v) is 2.47. The van der Waals surface area contributed by atoms with Crippen LogP contribution in [0.4, 0.5) is 0 Å². The van der Waals surface area contributed by atoms with Crippen molar-refractivity contribution >= 4 is 0 Å². The van der Waals surface area contributed by atoms with Crippen molar-refractivity contribution in [3.63, 3.8) is 0 Å². The largest absolute Gasteiger partial charge is 0.120 e. The molecule has 1 saturated carbocycles. The van der Waals surface area contributed by atoms with Crippen molar-refractivity contribution in [1.82, 2.24) is 0 Å². The van der Waals surface area contributed by atoms with Gasteiger partial charge in [-0.2, -0.15) is 0 Å². The van der Waals surface area contributed by atoms with E-state index in [-0.39, 0.29) is 0 Å². The molecule has 0 bridgehead atoms. The van der Waals surface area contributed by atoms with Gasteiger partial charge in [-0.25, -0.2) is 0 Å². The van der Waals surface area contributed by atoms with Gasteiger partial charge in [0.1, 0.15) is 0 Å². The van der Waals surface area contributed by atoms with Crippen LogP contribution in [0.15, 0.2) is 0 Å². The van der Waals surface area contributed by atoms with Gasteiger partial charge >= 0.3 is 0 Å². The third kappa shape index (κ3) is 1.77. The Morgan fingerprint density at radius 2 is 2.30 bits per heavy atom. The van der Waals surface area contributed by atoms with Crippen molar-refractivity contribution < 1.29 is 0 Å². The van der Waals surface area contributed by atoms with E-state index in [9.17, 15) is 0 Å². The zero-order chi connectivity index (χ0) is 7.40. The van der Waals surface area contributed by atoms with E-state index in [1.165, 1.54) is 32.1 Å². The molecule has 0 radical (unpaired) electrons. The van der Waals surface area contributed by atoms with Crippen LogP contribution in [-0.4, -0.2) is 0 Å². The molecule has 0 saturated heterocycles. The smallest absolute Gasteiger partial charge is 0.0203 e. The third-order valence-electron chi connectivity index (χ3n) is 2.47. The Morgan fingerprint density at radius 3 is 2.80 bits per heavy atom. The van der Waals surface area contributed by atoms with Gasteiger partial charge in [0.25, 0.3) is 0 Å². The summed E-state index contributed by atoms with van der Waals surface area (Å²) in [6.07, 6.45) is 12.0. The molecule has 56 valence electrons. The van der Waals surface area contributed by atoms with Crippen molar-refractivity contribution in [2.75, 3.05) is 0 Å². The van der Waals surface area contributed by atoms with Gasteiger partial charge in [0.05, 0.1) is 0 Å². The lowest BCUT2D eigenvalue weighted by molar-refractivity contribution is 0.487. The predicted molar refractivity (Wildman–Crippen MR) is 44.6 cm³/mol. The average molecular weight is 136 g/mol. The van der Waals surface area contributed by atoms with Gasteiger partial charge < -0.3 is 0 Å². The van der Waals surface area contributed by atoms with Crippen molar-refractivity contribution in [2.24, 2.45) is 11.8 Å². The maximum atomic E-state index is 5.34. The van der Waals surface area contributed by atoms with Gasteiger partial charge in [0, 0.05) is 5.92 Å². The minimum atomic E-state index is 0.608. The summed E-state index contributed by atoms with van der Waals surface area (Å²) in [5.41, 5.74) is 0. The molecule has 0 aromatic rings. The van der Waals surface area contributed by atoms with Crippen LogP contribution in [-0.2, 0) is 0 Å². The standard InChI is InChI=1S/C10H16/c1-3-5-10-7-6-9(4-2)8-10/h2,9-10H,3,5-8H2,1H3. The molecule has 0 amide bonds. The summed E-state index contributed by atoms with van der Waals surface area (Å²) >= 11 is 0. The summed E-state index contributed by atoms with van der Waals surface area (Å²) in [5, 5.41) is 0. The van der Waals surface area contributed by atoms with E-state index < -0.39 is 0 Å². The highest BCUT2D eigenvalue weighted by molar-refractivity contribution is 4.97. The molecule has 2 atom stereocenters. The molecule has 0 aromatic heterocycles. The van der Waals surface area contributed by atoms with E-state index in [0.717, 1.165) is 5.92 Å². The van der Waals surface area contributed by atoms with Crippen LogP contribution in [0.5, 0.6) is 0 Å². The van der Waals surface area contributed by atoms with Crippen LogP contribution in [0.1, 0.15) is 39.0 Å². The Morgan fingerprint density at radius 1 is 1.50 bits per heavy atom. The molecule has 10 heavy (non-hydrogen) atoms. The maximum Gasteiger partial charge on any atom is 0.0203 e. The Labute approximate surface area is 64.0 Å². The summed E-state index contributed by atoms with van der Waals surface area (Å²) in [6, 6.07) is 0. The monoisotopic (exact) mass is 136 g/mol. The summed E-state index contributed by atoms with van der Waals surface area (Å²) in [4.78, 5) is 0. The van der Waals surface area contributed by atoms with Gasteiger partial charge in [-0.3, -0.25) is 0 Å². The Kier molecular flexibility index (Phi) is 2.81. The van der Waals surface area contributed by atoms with E-state index in [1.54, 1.807) is 0 Å². The summed E-state index contributed by atoms with van der Waals surface area (Å²) in [6.45, 7) is 2.25. The van der Waals surface area contributed by atoms with E-state index in [2.05, 4.69) is 12.8 Å². The van der Waals surface area contributed by atoms with Crippen molar-refractivity contribution in [3.8, 4) is 12.3 Å². The van der Waals surface area contributed by atoms with E-state index in [1.807, 2.05) is 0 Å². The van der Waals surface area contributed by atoms with E-state index in [0.29, 0.717) is 5.92 Å². The van der Waals surface area contributed by atoms with Gasteiger partial charge in [-0.15, -0.1) is 12.3 Å². The van der Waals surface area contributed by atoms with Crippen LogP contribution in [0.2, 0.25) is 0 Å². The maximum absolute atomic E-state index is 5.34. The van der Waals surface area contributed by atoms with Crippen molar-refractivity contribution in [3.05, 3.63) is 0 Å². The molecular formula is C10H16. The highest BCUT2D eigenvalue weighted by Gasteiger charge is 2.21. The van der Waals surface area contributed by atoms with Gasteiger partial charge in [0.2, 0.25) is 0 Å². The second kappa shape index (κ2) is 3.66. The molecule has 2 unspecified atom stereocenters. The normalized spacial score (nSPS) is 32.0. The van der Waals surface area contributed by atoms with E-state index >= 15 is 0 Å². The molecule has 0 N–H and O–H groups in total. The fourth-order valence-corrected chi connectivity index (χ4v) is 1.90. The Balaban J connectivity index is 2.23. The second-order valence-electron chi connectivity index (χ2n) is 3.33. The molecule has 0 nitrogen and oxygen atoms in total. The molecule has 0 heteroatoms. The summed E-state index contributed by atoms with van der Waals surface area (Å²) in [7, 11) is 0. The van der Waals surface area contributed by atoms with Crippen molar-refractivity contribution in [1.29, 1.82) is 0 Å². The first-order chi connectivity index (χ1) is 4.86. The predicted octanol–water partition coefficient (Wildman–Crippen LogP) is 2.84. The van der Waals surface area contributed by atoms with Crippen LogP contribution in [0.3, 0.4) is 0 Å². The van der Waals surface area contributed by atoms with Crippen molar-refractivity contribution in [2.45, 2.75) is 39.0 Å². The fourth-order valence-electron chi connectivity index (χ4n) is 1.90. The molecule has 1 aliphatic carbocycles. The first kappa shape index (κ1) is 7.66. The first-order valence-corrected chi connectivity index (χ1v) is 4.33. The summed E-state index contributed by atoms with van der Waals surface area (Å²) < 4.78 is 0. The van der Waals surface area contributed by atoms with Crippen LogP contribution < -0.4 is 0 Å². The number of hydrogen-bond acceptors (Lipinski definition) is 0. The highest BCUT2D eigenvalue weighted by atomic mass is 14.3. The topological polar surface area (TPSA) is 0 Å². The lowest BCUT2D eigenvalue weighted by Crippen LogP contribution is -1.93. The zero-order valence-corrected chi connectivity index (χ0v) is 6.77. The quantitative estimate of drug-likeness (QED) is 0.512. The molecular weight excluding hydrogens is 120 g/mol. The molecule has 0 aliphatic heterocycles. The number of rotatable bonds is 2. The van der Waals surface area contributed by atoms with Gasteiger partial charge in [0.15, 0.2) is 0 Å². The minimum Gasteiger partial charge on any atom is -0.120 e. The molecule has 0 heterocycles. The Bertz CT molecular complexity index is 129. The number of hydrogen-bond donors (Lipinski definition) is 0. The summed E-state index contributed by atoms with van der Waals surface area (Å²) in [5.74, 6) is 4.41. The van der Waals surface area contributed by atoms with Crippen LogP contribution in [0.25, 0.3) is 0 Å². The van der Waals surface area contributed by atoms with Gasteiger partial charge in [-0.05, 0) is 25.2 Å². The lowest BCUT2D eigenvalue weighted by Gasteiger charge is -2.04. The van der Waals surface area contributed by atoms with Gasteiger partial charge in [-0.1, -0.05) is 19.8 Å². The van der Waals surface area contributed by atoms with Crippen LogP contribution in [0, 0.1) is 24.2 Å². The highest BCUT2D eigenvalue weighted by Crippen LogP contribution is 2.32. The fraction of sp³-hybridized carbons (Fsp3) is 0.800. The Hall–Kier alpha value is -0.440. The average Bonchev–Trinajstić information content (AvgIpc) is 2.37. The lowest BCUT2D eigenvalue weighted by atomic mass is 10.0.